The van der Waals surface area contributed by atoms with Crippen molar-refractivity contribution in [3.8, 4) is 0 Å². The molecule has 0 saturated carbocycles. The molecule has 0 spiro atoms. The summed E-state index contributed by atoms with van der Waals surface area (Å²) >= 11 is 0. The molecule has 2 N–H and O–H groups in total. The van der Waals surface area contributed by atoms with Gasteiger partial charge in [0.15, 0.2) is 0 Å². The molecule has 1 atom stereocenters. The minimum Gasteiger partial charge on any atom is -0.330 e. The van der Waals surface area contributed by atoms with E-state index in [9.17, 15) is 13.2 Å². The molecule has 0 fully saturated rings. The van der Waals surface area contributed by atoms with Crippen molar-refractivity contribution in [1.82, 2.24) is 0 Å². The molecule has 0 aliphatic heterocycles. The van der Waals surface area contributed by atoms with Crippen molar-refractivity contribution in [2.45, 2.75) is 38.3 Å². The Hall–Kier alpha value is -1.03. The van der Waals surface area contributed by atoms with Gasteiger partial charge in [0, 0.05) is 0 Å². The molecule has 0 aromatic heterocycles. The van der Waals surface area contributed by atoms with E-state index in [0.717, 1.165) is 43.2 Å². The molecule has 18 heavy (non-hydrogen) atoms. The van der Waals surface area contributed by atoms with Crippen molar-refractivity contribution in [2.24, 2.45) is 11.7 Å². The predicted octanol–water partition coefficient (Wildman–Crippen LogP) is 3.55. The van der Waals surface area contributed by atoms with E-state index in [1.54, 1.807) is 6.07 Å². The molecule has 1 unspecified atom stereocenters. The Balaban J connectivity index is 2.18. The van der Waals surface area contributed by atoms with Gasteiger partial charge in [-0.3, -0.25) is 0 Å². The fourth-order valence-electron chi connectivity index (χ4n) is 2.67. The highest BCUT2D eigenvalue weighted by Crippen LogP contribution is 2.33. The molecule has 4 heteroatoms. The van der Waals surface area contributed by atoms with Gasteiger partial charge in [0.05, 0.1) is 5.56 Å². The van der Waals surface area contributed by atoms with Crippen LogP contribution in [0.1, 0.15) is 36.0 Å². The summed E-state index contributed by atoms with van der Waals surface area (Å²) < 4.78 is 37.9. The van der Waals surface area contributed by atoms with Crippen molar-refractivity contribution in [1.29, 1.82) is 0 Å². The Bertz CT molecular complexity index is 412. The van der Waals surface area contributed by atoms with E-state index < -0.39 is 11.7 Å². The van der Waals surface area contributed by atoms with Crippen LogP contribution in [0.15, 0.2) is 18.2 Å². The lowest BCUT2D eigenvalue weighted by Gasteiger charge is -2.11. The Morgan fingerprint density at radius 1 is 1.11 bits per heavy atom. The summed E-state index contributed by atoms with van der Waals surface area (Å²) in [6, 6.07) is 4.16. The maximum absolute atomic E-state index is 12.6. The summed E-state index contributed by atoms with van der Waals surface area (Å²) in [7, 11) is 0. The number of nitrogens with two attached hydrogens (primary N) is 1. The average Bonchev–Trinajstić information content (AvgIpc) is 2.51. The minimum atomic E-state index is -4.24. The van der Waals surface area contributed by atoms with E-state index in [-0.39, 0.29) is 0 Å². The third-order valence-electron chi connectivity index (χ3n) is 3.75. The van der Waals surface area contributed by atoms with E-state index in [4.69, 9.17) is 5.73 Å². The van der Waals surface area contributed by atoms with E-state index in [0.29, 0.717) is 12.5 Å². The van der Waals surface area contributed by atoms with E-state index in [2.05, 4.69) is 0 Å². The molecule has 1 nitrogen and oxygen atoms in total. The van der Waals surface area contributed by atoms with Crippen LogP contribution >= 0.6 is 0 Å². The standard InChI is InChI=1S/C14H18F3N/c15-14(16,17)13-6-5-11-3-1-10(7-8-18)2-4-12(11)9-13/h5-6,9-10H,1-4,7-8,18H2. The first-order valence-electron chi connectivity index (χ1n) is 6.40. The van der Waals surface area contributed by atoms with Crippen LogP contribution in [-0.4, -0.2) is 6.54 Å². The Labute approximate surface area is 105 Å². The van der Waals surface area contributed by atoms with E-state index in [1.165, 1.54) is 12.1 Å². The highest BCUT2D eigenvalue weighted by atomic mass is 19.4. The normalized spacial score (nSPS) is 20.3. The summed E-state index contributed by atoms with van der Waals surface area (Å²) in [5.74, 6) is 0.553. The molecule has 1 aliphatic carbocycles. The van der Waals surface area contributed by atoms with Crippen LogP contribution in [0.2, 0.25) is 0 Å². The zero-order valence-corrected chi connectivity index (χ0v) is 10.3. The molecule has 0 heterocycles. The first-order chi connectivity index (χ1) is 8.50. The molecule has 0 saturated heterocycles. The van der Waals surface area contributed by atoms with Crippen LogP contribution in [0.3, 0.4) is 0 Å². The van der Waals surface area contributed by atoms with Crippen molar-refractivity contribution in [3.63, 3.8) is 0 Å². The van der Waals surface area contributed by atoms with Crippen LogP contribution < -0.4 is 5.73 Å². The van der Waals surface area contributed by atoms with Gasteiger partial charge in [-0.25, -0.2) is 0 Å². The predicted molar refractivity (Wildman–Crippen MR) is 65.2 cm³/mol. The van der Waals surface area contributed by atoms with Gasteiger partial charge in [-0.05, 0) is 67.8 Å². The second-order valence-corrected chi connectivity index (χ2v) is 5.00. The molecular weight excluding hydrogens is 239 g/mol. The largest absolute Gasteiger partial charge is 0.416 e. The summed E-state index contributed by atoms with van der Waals surface area (Å²) in [6.45, 7) is 0.662. The SMILES string of the molecule is NCCC1CCc2ccc(C(F)(F)F)cc2CC1. The van der Waals surface area contributed by atoms with Gasteiger partial charge in [-0.1, -0.05) is 6.07 Å². The molecule has 1 aromatic rings. The average molecular weight is 257 g/mol. The summed E-state index contributed by atoms with van der Waals surface area (Å²) in [6.07, 6.45) is 0.335. The first kappa shape index (κ1) is 13.4. The number of aryl methyl sites for hydroxylation is 2. The van der Waals surface area contributed by atoms with Gasteiger partial charge in [0.2, 0.25) is 0 Å². The fourth-order valence-corrected chi connectivity index (χ4v) is 2.67. The molecule has 0 bridgehead atoms. The van der Waals surface area contributed by atoms with Gasteiger partial charge in [0.1, 0.15) is 0 Å². The van der Waals surface area contributed by atoms with Gasteiger partial charge in [0.25, 0.3) is 0 Å². The van der Waals surface area contributed by atoms with Gasteiger partial charge >= 0.3 is 6.18 Å². The summed E-state index contributed by atoms with van der Waals surface area (Å²) in [5, 5.41) is 0. The third-order valence-corrected chi connectivity index (χ3v) is 3.75. The number of hydrogen-bond acceptors (Lipinski definition) is 1. The Morgan fingerprint density at radius 2 is 1.78 bits per heavy atom. The highest BCUT2D eigenvalue weighted by Gasteiger charge is 2.31. The minimum absolute atomic E-state index is 0.529. The Kier molecular flexibility index (Phi) is 3.95. The molecular formula is C14H18F3N. The maximum atomic E-state index is 12.6. The van der Waals surface area contributed by atoms with Crippen LogP contribution in [0, 0.1) is 5.92 Å². The molecule has 0 amide bonds. The van der Waals surface area contributed by atoms with Gasteiger partial charge < -0.3 is 5.73 Å². The highest BCUT2D eigenvalue weighted by molar-refractivity contribution is 5.34. The number of alkyl halides is 3. The number of fused-ring (bicyclic) bond motifs is 1. The Morgan fingerprint density at radius 3 is 2.39 bits per heavy atom. The van der Waals surface area contributed by atoms with E-state index >= 15 is 0 Å². The first-order valence-corrected chi connectivity index (χ1v) is 6.40. The second-order valence-electron chi connectivity index (χ2n) is 5.00. The van der Waals surface area contributed by atoms with E-state index in [1.807, 2.05) is 0 Å². The number of halogens is 3. The quantitative estimate of drug-likeness (QED) is 0.806. The topological polar surface area (TPSA) is 26.0 Å². The van der Waals surface area contributed by atoms with Crippen molar-refractivity contribution in [2.75, 3.05) is 6.54 Å². The van der Waals surface area contributed by atoms with Crippen LogP contribution in [0.4, 0.5) is 13.2 Å². The van der Waals surface area contributed by atoms with Crippen molar-refractivity contribution < 1.29 is 13.2 Å². The summed E-state index contributed by atoms with van der Waals surface area (Å²) in [5.41, 5.74) is 6.96. The van der Waals surface area contributed by atoms with Gasteiger partial charge in [-0.2, -0.15) is 13.2 Å². The lowest BCUT2D eigenvalue weighted by atomic mass is 9.96. The zero-order valence-electron chi connectivity index (χ0n) is 10.3. The second kappa shape index (κ2) is 5.31. The number of rotatable bonds is 2. The molecule has 1 aromatic carbocycles. The molecule has 0 radical (unpaired) electrons. The number of hydrogen-bond donors (Lipinski definition) is 1. The van der Waals surface area contributed by atoms with Crippen molar-refractivity contribution >= 4 is 0 Å². The smallest absolute Gasteiger partial charge is 0.330 e. The molecule has 2 rings (SSSR count). The van der Waals surface area contributed by atoms with Crippen LogP contribution in [0.5, 0.6) is 0 Å². The monoisotopic (exact) mass is 257 g/mol. The molecule has 1 aliphatic rings. The number of benzene rings is 1. The third kappa shape index (κ3) is 3.05. The fraction of sp³-hybridized carbons (Fsp3) is 0.571. The van der Waals surface area contributed by atoms with Crippen LogP contribution in [0.25, 0.3) is 0 Å². The zero-order chi connectivity index (χ0) is 13.2. The maximum Gasteiger partial charge on any atom is 0.416 e. The lowest BCUT2D eigenvalue weighted by Crippen LogP contribution is -2.08. The van der Waals surface area contributed by atoms with Crippen molar-refractivity contribution in [3.05, 3.63) is 34.9 Å². The lowest BCUT2D eigenvalue weighted by molar-refractivity contribution is -0.137. The van der Waals surface area contributed by atoms with Crippen LogP contribution in [-0.2, 0) is 19.0 Å². The summed E-state index contributed by atoms with van der Waals surface area (Å²) in [4.78, 5) is 0. The van der Waals surface area contributed by atoms with Gasteiger partial charge in [-0.15, -0.1) is 0 Å². The molecule has 100 valence electrons.